The smallest absolute Gasteiger partial charge is 0.244 e. The van der Waals surface area contributed by atoms with Crippen molar-refractivity contribution in [1.82, 2.24) is 19.9 Å². The first kappa shape index (κ1) is 18.0. The maximum Gasteiger partial charge on any atom is 0.244 e. The summed E-state index contributed by atoms with van der Waals surface area (Å²) in [4.78, 5) is 8.88. The van der Waals surface area contributed by atoms with Gasteiger partial charge in [0.1, 0.15) is 5.82 Å². The third-order valence-corrected chi connectivity index (χ3v) is 4.52. The molecular formula is C18H25FN4O2. The van der Waals surface area contributed by atoms with Crippen LogP contribution in [0.15, 0.2) is 22.7 Å². The highest BCUT2D eigenvalue weighted by Gasteiger charge is 2.28. The van der Waals surface area contributed by atoms with Crippen molar-refractivity contribution >= 4 is 0 Å². The van der Waals surface area contributed by atoms with E-state index >= 15 is 0 Å². The minimum Gasteiger partial charge on any atom is -0.374 e. The van der Waals surface area contributed by atoms with Gasteiger partial charge in [-0.1, -0.05) is 17.3 Å². The molecule has 7 heteroatoms. The van der Waals surface area contributed by atoms with E-state index in [1.807, 2.05) is 21.0 Å². The van der Waals surface area contributed by atoms with Gasteiger partial charge in [0, 0.05) is 25.2 Å². The standard InChI is InChI=1S/C18H25FN4O2/c1-12-5-6-14(9-16(12)19)17-20-18(25-21-17)13(2)23-7-8-24-15(11-23)10-22(3)4/h5-6,9,13,15H,7-8,10-11H2,1-4H3. The Labute approximate surface area is 147 Å². The van der Waals surface area contributed by atoms with Crippen molar-refractivity contribution < 1.29 is 13.7 Å². The van der Waals surface area contributed by atoms with E-state index in [9.17, 15) is 4.39 Å². The quantitative estimate of drug-likeness (QED) is 0.828. The van der Waals surface area contributed by atoms with Crippen LogP contribution in [0.1, 0.15) is 24.4 Å². The first-order valence-electron chi connectivity index (χ1n) is 8.54. The number of ether oxygens (including phenoxy) is 1. The zero-order valence-electron chi connectivity index (χ0n) is 15.2. The van der Waals surface area contributed by atoms with E-state index in [2.05, 4.69) is 19.9 Å². The van der Waals surface area contributed by atoms with Crippen LogP contribution in [-0.4, -0.2) is 66.4 Å². The maximum atomic E-state index is 13.8. The number of hydrogen-bond donors (Lipinski definition) is 0. The zero-order valence-corrected chi connectivity index (χ0v) is 15.2. The van der Waals surface area contributed by atoms with Crippen molar-refractivity contribution in [2.45, 2.75) is 26.0 Å². The van der Waals surface area contributed by atoms with E-state index in [4.69, 9.17) is 9.26 Å². The van der Waals surface area contributed by atoms with E-state index in [1.54, 1.807) is 19.1 Å². The van der Waals surface area contributed by atoms with Crippen molar-refractivity contribution in [2.75, 3.05) is 40.3 Å². The molecule has 0 aliphatic carbocycles. The van der Waals surface area contributed by atoms with Crippen LogP contribution in [0, 0.1) is 12.7 Å². The predicted molar refractivity (Wildman–Crippen MR) is 92.7 cm³/mol. The molecule has 1 aromatic heterocycles. The molecule has 25 heavy (non-hydrogen) atoms. The van der Waals surface area contributed by atoms with Gasteiger partial charge in [-0.25, -0.2) is 4.39 Å². The van der Waals surface area contributed by atoms with Gasteiger partial charge in [-0.05, 0) is 39.6 Å². The van der Waals surface area contributed by atoms with Gasteiger partial charge >= 0.3 is 0 Å². The Morgan fingerprint density at radius 3 is 2.92 bits per heavy atom. The molecular weight excluding hydrogens is 323 g/mol. The molecule has 1 aromatic carbocycles. The summed E-state index contributed by atoms with van der Waals surface area (Å²) in [6, 6.07) is 4.96. The lowest BCUT2D eigenvalue weighted by Gasteiger charge is -2.36. The maximum absolute atomic E-state index is 13.8. The normalized spacial score (nSPS) is 20.2. The Bertz CT molecular complexity index is 719. The number of halogens is 1. The second-order valence-corrected chi connectivity index (χ2v) is 6.85. The predicted octanol–water partition coefficient (Wildman–Crippen LogP) is 2.51. The van der Waals surface area contributed by atoms with Gasteiger partial charge in [-0.15, -0.1) is 0 Å². The topological polar surface area (TPSA) is 54.6 Å². The van der Waals surface area contributed by atoms with Gasteiger partial charge < -0.3 is 14.2 Å². The molecule has 1 aliphatic heterocycles. The number of benzene rings is 1. The molecule has 0 radical (unpaired) electrons. The lowest BCUT2D eigenvalue weighted by molar-refractivity contribution is -0.0533. The molecule has 0 bridgehead atoms. The van der Waals surface area contributed by atoms with Crippen LogP contribution in [-0.2, 0) is 4.74 Å². The molecule has 3 rings (SSSR count). The Kier molecular flexibility index (Phi) is 5.46. The molecule has 1 aliphatic rings. The van der Waals surface area contributed by atoms with Gasteiger partial charge in [0.05, 0.1) is 18.8 Å². The van der Waals surface area contributed by atoms with Crippen molar-refractivity contribution in [1.29, 1.82) is 0 Å². The third-order valence-electron chi connectivity index (χ3n) is 4.52. The summed E-state index contributed by atoms with van der Waals surface area (Å²) in [6.45, 7) is 6.97. The summed E-state index contributed by atoms with van der Waals surface area (Å²) in [6.07, 6.45) is 0.166. The number of likely N-dealkylation sites (N-methyl/N-ethyl adjacent to an activating group) is 1. The van der Waals surface area contributed by atoms with E-state index in [1.165, 1.54) is 6.07 Å². The summed E-state index contributed by atoms with van der Waals surface area (Å²) in [5, 5.41) is 4.02. The molecule has 0 saturated carbocycles. The van der Waals surface area contributed by atoms with Crippen LogP contribution in [0.2, 0.25) is 0 Å². The molecule has 136 valence electrons. The molecule has 2 heterocycles. The fourth-order valence-corrected chi connectivity index (χ4v) is 3.02. The molecule has 0 N–H and O–H groups in total. The first-order chi connectivity index (χ1) is 11.9. The lowest BCUT2D eigenvalue weighted by Crippen LogP contribution is -2.47. The molecule has 0 spiro atoms. The number of morpholine rings is 1. The molecule has 1 fully saturated rings. The summed E-state index contributed by atoms with van der Waals surface area (Å²) < 4.78 is 25.0. The van der Waals surface area contributed by atoms with Crippen LogP contribution < -0.4 is 0 Å². The van der Waals surface area contributed by atoms with E-state index < -0.39 is 0 Å². The van der Waals surface area contributed by atoms with E-state index in [0.717, 1.165) is 19.6 Å². The largest absolute Gasteiger partial charge is 0.374 e. The average molecular weight is 348 g/mol. The highest BCUT2D eigenvalue weighted by Crippen LogP contribution is 2.25. The van der Waals surface area contributed by atoms with Gasteiger partial charge in [0.2, 0.25) is 11.7 Å². The summed E-state index contributed by atoms with van der Waals surface area (Å²) in [5.41, 5.74) is 1.22. The van der Waals surface area contributed by atoms with Crippen LogP contribution in [0.25, 0.3) is 11.4 Å². The van der Waals surface area contributed by atoms with Crippen LogP contribution in [0.3, 0.4) is 0 Å². The monoisotopic (exact) mass is 348 g/mol. The summed E-state index contributed by atoms with van der Waals surface area (Å²) in [5.74, 6) is 0.692. The number of nitrogens with zero attached hydrogens (tertiary/aromatic N) is 4. The van der Waals surface area contributed by atoms with Crippen molar-refractivity contribution in [3.8, 4) is 11.4 Å². The zero-order chi connectivity index (χ0) is 18.0. The fraction of sp³-hybridized carbons (Fsp3) is 0.556. The van der Waals surface area contributed by atoms with Crippen molar-refractivity contribution in [3.63, 3.8) is 0 Å². The molecule has 6 nitrogen and oxygen atoms in total. The van der Waals surface area contributed by atoms with Crippen molar-refractivity contribution in [3.05, 3.63) is 35.5 Å². The van der Waals surface area contributed by atoms with Gasteiger partial charge in [-0.2, -0.15) is 4.98 Å². The average Bonchev–Trinajstić information content (AvgIpc) is 3.06. The lowest BCUT2D eigenvalue weighted by atomic mass is 10.1. The van der Waals surface area contributed by atoms with E-state index in [-0.39, 0.29) is 18.0 Å². The first-order valence-corrected chi connectivity index (χ1v) is 8.54. The van der Waals surface area contributed by atoms with Crippen molar-refractivity contribution in [2.24, 2.45) is 0 Å². The number of hydrogen-bond acceptors (Lipinski definition) is 6. The third kappa shape index (κ3) is 4.23. The van der Waals surface area contributed by atoms with E-state index in [0.29, 0.717) is 29.4 Å². The minimum absolute atomic E-state index is 0.00916. The molecule has 2 aromatic rings. The van der Waals surface area contributed by atoms with Crippen LogP contribution in [0.4, 0.5) is 4.39 Å². The Hall–Kier alpha value is -1.83. The number of rotatable bonds is 5. The number of aromatic nitrogens is 2. The fourth-order valence-electron chi connectivity index (χ4n) is 3.02. The molecule has 0 amide bonds. The van der Waals surface area contributed by atoms with Gasteiger partial charge in [0.15, 0.2) is 0 Å². The Morgan fingerprint density at radius 2 is 2.20 bits per heavy atom. The second-order valence-electron chi connectivity index (χ2n) is 6.85. The Morgan fingerprint density at radius 1 is 1.40 bits per heavy atom. The minimum atomic E-state index is -0.267. The molecule has 2 atom stereocenters. The summed E-state index contributed by atoms with van der Waals surface area (Å²) in [7, 11) is 4.08. The summed E-state index contributed by atoms with van der Waals surface area (Å²) >= 11 is 0. The SMILES string of the molecule is Cc1ccc(-c2noc(C(C)N3CCOC(CN(C)C)C3)n2)cc1F. The van der Waals surface area contributed by atoms with Gasteiger partial charge in [-0.3, -0.25) is 4.90 Å². The number of aryl methyl sites for hydroxylation is 1. The van der Waals surface area contributed by atoms with Crippen LogP contribution in [0.5, 0.6) is 0 Å². The highest BCUT2D eigenvalue weighted by molar-refractivity contribution is 5.54. The van der Waals surface area contributed by atoms with Crippen LogP contribution >= 0.6 is 0 Å². The highest BCUT2D eigenvalue weighted by atomic mass is 19.1. The second kappa shape index (κ2) is 7.59. The molecule has 1 saturated heterocycles. The van der Waals surface area contributed by atoms with Gasteiger partial charge in [0.25, 0.3) is 0 Å². The molecule has 2 unspecified atom stereocenters. The Balaban J connectivity index is 1.71.